The molecule has 0 fully saturated rings. The van der Waals surface area contributed by atoms with Crippen LogP contribution in [0.3, 0.4) is 0 Å². The first kappa shape index (κ1) is 10.7. The lowest BCUT2D eigenvalue weighted by Gasteiger charge is -2.17. The summed E-state index contributed by atoms with van der Waals surface area (Å²) in [5.74, 6) is 0.961. The number of thiazole rings is 1. The molecular weight excluding hydrogens is 276 g/mol. The van der Waals surface area contributed by atoms with Crippen LogP contribution in [-0.2, 0) is 6.54 Å². The van der Waals surface area contributed by atoms with Crippen LogP contribution in [0.1, 0.15) is 12.7 Å². The zero-order valence-corrected chi connectivity index (χ0v) is 10.7. The van der Waals surface area contributed by atoms with E-state index in [4.69, 9.17) is 4.42 Å². The van der Waals surface area contributed by atoms with Gasteiger partial charge in [-0.2, -0.15) is 0 Å². The average Bonchev–Trinajstić information content (AvgIpc) is 2.85. The summed E-state index contributed by atoms with van der Waals surface area (Å²) in [6.07, 6.45) is 1.70. The van der Waals surface area contributed by atoms with Gasteiger partial charge in [0.15, 0.2) is 5.13 Å². The van der Waals surface area contributed by atoms with Crippen molar-refractivity contribution in [3.05, 3.63) is 34.1 Å². The maximum atomic E-state index is 5.32. The molecule has 0 saturated heterocycles. The van der Waals surface area contributed by atoms with Crippen LogP contribution < -0.4 is 4.90 Å². The zero-order valence-electron chi connectivity index (χ0n) is 8.31. The Morgan fingerprint density at radius 2 is 2.47 bits per heavy atom. The molecule has 0 unspecified atom stereocenters. The number of aromatic nitrogens is 1. The molecule has 3 nitrogen and oxygen atoms in total. The molecule has 15 heavy (non-hydrogen) atoms. The van der Waals surface area contributed by atoms with Gasteiger partial charge < -0.3 is 9.32 Å². The molecule has 0 aliphatic rings. The van der Waals surface area contributed by atoms with Crippen LogP contribution in [0.25, 0.3) is 0 Å². The summed E-state index contributed by atoms with van der Waals surface area (Å²) in [4.78, 5) is 6.56. The van der Waals surface area contributed by atoms with Crippen molar-refractivity contribution in [1.82, 2.24) is 4.98 Å². The minimum Gasteiger partial charge on any atom is -0.467 e. The van der Waals surface area contributed by atoms with E-state index in [-0.39, 0.29) is 0 Å². The van der Waals surface area contributed by atoms with Crippen LogP contribution in [0.2, 0.25) is 0 Å². The molecule has 80 valence electrons. The normalized spacial score (nSPS) is 10.5. The molecule has 2 aromatic rings. The smallest absolute Gasteiger partial charge is 0.186 e. The monoisotopic (exact) mass is 286 g/mol. The Balaban J connectivity index is 2.11. The van der Waals surface area contributed by atoms with Crippen LogP contribution in [0.5, 0.6) is 0 Å². The molecule has 0 atom stereocenters. The first-order valence-electron chi connectivity index (χ1n) is 4.68. The maximum absolute atomic E-state index is 5.32. The van der Waals surface area contributed by atoms with E-state index in [1.807, 2.05) is 17.5 Å². The van der Waals surface area contributed by atoms with E-state index in [2.05, 4.69) is 32.7 Å². The number of nitrogens with zero attached hydrogens (tertiary/aromatic N) is 2. The van der Waals surface area contributed by atoms with E-state index in [1.54, 1.807) is 17.6 Å². The fourth-order valence-electron chi connectivity index (χ4n) is 1.30. The van der Waals surface area contributed by atoms with Crippen LogP contribution in [-0.4, -0.2) is 11.5 Å². The third kappa shape index (κ3) is 2.60. The number of furan rings is 1. The molecule has 2 rings (SSSR count). The molecule has 0 aliphatic carbocycles. The van der Waals surface area contributed by atoms with Crippen molar-refractivity contribution < 1.29 is 4.42 Å². The first-order chi connectivity index (χ1) is 7.29. The molecule has 2 heterocycles. The summed E-state index contributed by atoms with van der Waals surface area (Å²) in [6, 6.07) is 3.88. The van der Waals surface area contributed by atoms with Gasteiger partial charge in [-0.15, -0.1) is 11.3 Å². The van der Waals surface area contributed by atoms with Gasteiger partial charge in [0, 0.05) is 11.9 Å². The minimum absolute atomic E-state index is 0.767. The quantitative estimate of drug-likeness (QED) is 0.861. The third-order valence-electron chi connectivity index (χ3n) is 2.04. The van der Waals surface area contributed by atoms with Crippen molar-refractivity contribution >= 4 is 32.4 Å². The van der Waals surface area contributed by atoms with E-state index < -0.39 is 0 Å². The van der Waals surface area contributed by atoms with Crippen molar-refractivity contribution in [2.45, 2.75) is 13.5 Å². The molecular formula is C10H11BrN2OS. The second-order valence-corrected chi connectivity index (χ2v) is 4.70. The highest BCUT2D eigenvalue weighted by atomic mass is 79.9. The van der Waals surface area contributed by atoms with Crippen molar-refractivity contribution in [2.75, 3.05) is 11.4 Å². The lowest BCUT2D eigenvalue weighted by Crippen LogP contribution is -2.21. The van der Waals surface area contributed by atoms with Crippen molar-refractivity contribution in [1.29, 1.82) is 0 Å². The number of hydrogen-bond donors (Lipinski definition) is 0. The molecule has 0 saturated carbocycles. The molecule has 0 amide bonds. The van der Waals surface area contributed by atoms with Gasteiger partial charge in [-0.1, -0.05) is 0 Å². The summed E-state index contributed by atoms with van der Waals surface area (Å²) in [5.41, 5.74) is 0. The van der Waals surface area contributed by atoms with Gasteiger partial charge in [0.1, 0.15) is 10.4 Å². The highest BCUT2D eigenvalue weighted by Gasteiger charge is 2.10. The Morgan fingerprint density at radius 3 is 3.00 bits per heavy atom. The predicted octanol–water partition coefficient (Wildman–Crippen LogP) is 3.53. The Kier molecular flexibility index (Phi) is 3.43. The fourth-order valence-corrected chi connectivity index (χ4v) is 2.61. The molecule has 0 spiro atoms. The Hall–Kier alpha value is -0.810. The lowest BCUT2D eigenvalue weighted by atomic mass is 10.4. The van der Waals surface area contributed by atoms with E-state index in [1.165, 1.54) is 0 Å². The molecule has 0 radical (unpaired) electrons. The van der Waals surface area contributed by atoms with Gasteiger partial charge in [0.25, 0.3) is 0 Å². The number of hydrogen-bond acceptors (Lipinski definition) is 4. The van der Waals surface area contributed by atoms with Gasteiger partial charge in [0.05, 0.1) is 12.8 Å². The first-order valence-corrected chi connectivity index (χ1v) is 6.35. The second-order valence-electron chi connectivity index (χ2n) is 3.05. The zero-order chi connectivity index (χ0) is 10.7. The Morgan fingerprint density at radius 1 is 1.60 bits per heavy atom. The van der Waals surface area contributed by atoms with Crippen molar-refractivity contribution in [3.63, 3.8) is 0 Å². The topological polar surface area (TPSA) is 29.3 Å². The lowest BCUT2D eigenvalue weighted by molar-refractivity contribution is 0.503. The van der Waals surface area contributed by atoms with Crippen molar-refractivity contribution in [3.8, 4) is 0 Å². The summed E-state index contributed by atoms with van der Waals surface area (Å²) in [7, 11) is 0. The standard InChI is InChI=1S/C10H11BrN2OS/c1-2-13(6-8-4-3-5-14-8)10-12-9(11)7-15-10/h3-5,7H,2,6H2,1H3. The van der Waals surface area contributed by atoms with Crippen LogP contribution >= 0.6 is 27.3 Å². The minimum atomic E-state index is 0.767. The van der Waals surface area contributed by atoms with Gasteiger partial charge in [-0.05, 0) is 35.0 Å². The number of halogens is 1. The molecule has 2 aromatic heterocycles. The summed E-state index contributed by atoms with van der Waals surface area (Å²) >= 11 is 4.99. The fraction of sp³-hybridized carbons (Fsp3) is 0.300. The Bertz CT molecular complexity index is 413. The van der Waals surface area contributed by atoms with Gasteiger partial charge >= 0.3 is 0 Å². The molecule has 0 aliphatic heterocycles. The van der Waals surface area contributed by atoms with E-state index in [0.29, 0.717) is 0 Å². The third-order valence-corrected chi connectivity index (χ3v) is 3.65. The SMILES string of the molecule is CCN(Cc1ccco1)c1nc(Br)cs1. The van der Waals surface area contributed by atoms with Gasteiger partial charge in [0.2, 0.25) is 0 Å². The Labute approximate surface area is 101 Å². The van der Waals surface area contributed by atoms with Gasteiger partial charge in [-0.25, -0.2) is 4.98 Å². The highest BCUT2D eigenvalue weighted by molar-refractivity contribution is 9.10. The summed E-state index contributed by atoms with van der Waals surface area (Å²) in [6.45, 7) is 3.79. The maximum Gasteiger partial charge on any atom is 0.186 e. The average molecular weight is 287 g/mol. The van der Waals surface area contributed by atoms with Crippen molar-refractivity contribution in [2.24, 2.45) is 0 Å². The summed E-state index contributed by atoms with van der Waals surface area (Å²) in [5, 5.41) is 3.00. The molecule has 0 aromatic carbocycles. The van der Waals surface area contributed by atoms with E-state index >= 15 is 0 Å². The second kappa shape index (κ2) is 4.81. The predicted molar refractivity (Wildman–Crippen MR) is 65.2 cm³/mol. The van der Waals surface area contributed by atoms with Crippen LogP contribution in [0.15, 0.2) is 32.8 Å². The summed E-state index contributed by atoms with van der Waals surface area (Å²) < 4.78 is 6.21. The van der Waals surface area contributed by atoms with E-state index in [9.17, 15) is 0 Å². The molecule has 0 N–H and O–H groups in total. The molecule has 0 bridgehead atoms. The number of rotatable bonds is 4. The molecule has 5 heteroatoms. The largest absolute Gasteiger partial charge is 0.467 e. The highest BCUT2D eigenvalue weighted by Crippen LogP contribution is 2.24. The number of anilines is 1. The van der Waals surface area contributed by atoms with Gasteiger partial charge in [-0.3, -0.25) is 0 Å². The van der Waals surface area contributed by atoms with Crippen LogP contribution in [0.4, 0.5) is 5.13 Å². The van der Waals surface area contributed by atoms with E-state index in [0.717, 1.165) is 28.6 Å². The van der Waals surface area contributed by atoms with Crippen LogP contribution in [0, 0.1) is 0 Å².